The smallest absolute Gasteiger partial charge is 0.159 e. The molecule has 1 unspecified atom stereocenters. The van der Waals surface area contributed by atoms with Gasteiger partial charge in [0.15, 0.2) is 11.6 Å². The third-order valence-corrected chi connectivity index (χ3v) is 3.41. The van der Waals surface area contributed by atoms with E-state index in [1.165, 1.54) is 12.1 Å². The number of hydrogen-bond donors (Lipinski definition) is 2. The molecule has 2 N–H and O–H groups in total. The molecule has 1 aliphatic heterocycles. The van der Waals surface area contributed by atoms with Gasteiger partial charge in [0.05, 0.1) is 0 Å². The van der Waals surface area contributed by atoms with Crippen LogP contribution in [0.4, 0.5) is 8.78 Å². The summed E-state index contributed by atoms with van der Waals surface area (Å²) >= 11 is 0. The highest BCUT2D eigenvalue weighted by molar-refractivity contribution is 5.18. The molecule has 1 saturated heterocycles. The van der Waals surface area contributed by atoms with Gasteiger partial charge in [-0.3, -0.25) is 0 Å². The highest BCUT2D eigenvalue weighted by Crippen LogP contribution is 2.17. The molecule has 0 spiro atoms. The van der Waals surface area contributed by atoms with Crippen LogP contribution in [-0.4, -0.2) is 24.7 Å². The predicted octanol–water partition coefficient (Wildman–Crippen LogP) is 2.24. The van der Waals surface area contributed by atoms with Crippen LogP contribution in [0.3, 0.4) is 0 Å². The molecule has 1 aromatic carbocycles. The second-order valence-electron chi connectivity index (χ2n) is 5.62. The molecule has 18 heavy (non-hydrogen) atoms. The maximum Gasteiger partial charge on any atom is 0.159 e. The van der Waals surface area contributed by atoms with Gasteiger partial charge in [-0.1, -0.05) is 6.07 Å². The van der Waals surface area contributed by atoms with Gasteiger partial charge in [0, 0.05) is 18.1 Å². The van der Waals surface area contributed by atoms with Crippen LogP contribution >= 0.6 is 0 Å². The molecule has 2 rings (SSSR count). The summed E-state index contributed by atoms with van der Waals surface area (Å²) < 4.78 is 25.8. The first kappa shape index (κ1) is 13.4. The van der Waals surface area contributed by atoms with Gasteiger partial charge < -0.3 is 10.6 Å². The highest BCUT2D eigenvalue weighted by atomic mass is 19.2. The van der Waals surface area contributed by atoms with Gasteiger partial charge in [-0.25, -0.2) is 8.78 Å². The molecule has 100 valence electrons. The average molecular weight is 254 g/mol. The fraction of sp³-hybridized carbons (Fsp3) is 0.571. The molecule has 1 atom stereocenters. The van der Waals surface area contributed by atoms with Gasteiger partial charge in [0.25, 0.3) is 0 Å². The normalized spacial score (nSPS) is 22.3. The van der Waals surface area contributed by atoms with Crippen molar-refractivity contribution < 1.29 is 8.78 Å². The molecule has 4 heteroatoms. The Bertz CT molecular complexity index is 418. The summed E-state index contributed by atoms with van der Waals surface area (Å²) in [4.78, 5) is 0. The first-order valence-corrected chi connectivity index (χ1v) is 6.39. The van der Waals surface area contributed by atoms with Crippen molar-refractivity contribution in [2.45, 2.75) is 38.3 Å². The number of halogens is 2. The van der Waals surface area contributed by atoms with Crippen LogP contribution in [0.2, 0.25) is 0 Å². The zero-order valence-corrected chi connectivity index (χ0v) is 10.9. The van der Waals surface area contributed by atoms with E-state index in [2.05, 4.69) is 24.5 Å². The van der Waals surface area contributed by atoms with E-state index in [-0.39, 0.29) is 5.54 Å². The molecule has 1 aliphatic rings. The quantitative estimate of drug-likeness (QED) is 0.861. The van der Waals surface area contributed by atoms with Gasteiger partial charge in [-0.15, -0.1) is 0 Å². The molecule has 1 fully saturated rings. The van der Waals surface area contributed by atoms with Crippen LogP contribution in [0.5, 0.6) is 0 Å². The lowest BCUT2D eigenvalue weighted by atomic mass is 10.0. The Kier molecular flexibility index (Phi) is 3.97. The fourth-order valence-electron chi connectivity index (χ4n) is 2.42. The Morgan fingerprint density at radius 2 is 2.11 bits per heavy atom. The second-order valence-corrected chi connectivity index (χ2v) is 5.62. The van der Waals surface area contributed by atoms with Crippen molar-refractivity contribution in [2.24, 2.45) is 0 Å². The first-order chi connectivity index (χ1) is 8.46. The molecule has 0 amide bonds. The SMILES string of the molecule is CC1(C)CC(NCCc2ccc(F)c(F)c2)CN1. The topological polar surface area (TPSA) is 24.1 Å². The van der Waals surface area contributed by atoms with E-state index in [4.69, 9.17) is 0 Å². The Hall–Kier alpha value is -1.00. The summed E-state index contributed by atoms with van der Waals surface area (Å²) in [6.45, 7) is 6.12. The summed E-state index contributed by atoms with van der Waals surface area (Å²) in [5.74, 6) is -1.55. The summed E-state index contributed by atoms with van der Waals surface area (Å²) in [7, 11) is 0. The van der Waals surface area contributed by atoms with Crippen molar-refractivity contribution in [3.8, 4) is 0 Å². The van der Waals surface area contributed by atoms with E-state index in [0.29, 0.717) is 12.5 Å². The fourth-order valence-corrected chi connectivity index (χ4v) is 2.42. The molecule has 0 radical (unpaired) electrons. The van der Waals surface area contributed by atoms with E-state index >= 15 is 0 Å². The minimum atomic E-state index is -0.784. The summed E-state index contributed by atoms with van der Waals surface area (Å²) in [5, 5.41) is 6.88. The van der Waals surface area contributed by atoms with E-state index in [1.54, 1.807) is 6.07 Å². The van der Waals surface area contributed by atoms with Crippen molar-refractivity contribution in [1.82, 2.24) is 10.6 Å². The van der Waals surface area contributed by atoms with Crippen LogP contribution in [-0.2, 0) is 6.42 Å². The average Bonchev–Trinajstić information content (AvgIpc) is 2.63. The molecular weight excluding hydrogens is 234 g/mol. The summed E-state index contributed by atoms with van der Waals surface area (Å²) in [6, 6.07) is 4.56. The number of benzene rings is 1. The molecule has 0 saturated carbocycles. The molecule has 0 aliphatic carbocycles. The van der Waals surface area contributed by atoms with Crippen LogP contribution < -0.4 is 10.6 Å². The van der Waals surface area contributed by atoms with Crippen molar-refractivity contribution in [1.29, 1.82) is 0 Å². The molecular formula is C14H20F2N2. The molecule has 2 nitrogen and oxygen atoms in total. The Morgan fingerprint density at radius 1 is 1.33 bits per heavy atom. The molecule has 0 aromatic heterocycles. The predicted molar refractivity (Wildman–Crippen MR) is 68.6 cm³/mol. The third kappa shape index (κ3) is 3.50. The van der Waals surface area contributed by atoms with Crippen LogP contribution in [0, 0.1) is 11.6 Å². The maximum atomic E-state index is 13.0. The van der Waals surface area contributed by atoms with Crippen molar-refractivity contribution in [2.75, 3.05) is 13.1 Å². The lowest BCUT2D eigenvalue weighted by Gasteiger charge is -2.17. The summed E-state index contributed by atoms with van der Waals surface area (Å²) in [6.07, 6.45) is 1.80. The monoisotopic (exact) mass is 254 g/mol. The third-order valence-electron chi connectivity index (χ3n) is 3.41. The van der Waals surface area contributed by atoms with Crippen LogP contribution in [0.15, 0.2) is 18.2 Å². The van der Waals surface area contributed by atoms with Crippen LogP contribution in [0.1, 0.15) is 25.8 Å². The Labute approximate surface area is 107 Å². The largest absolute Gasteiger partial charge is 0.312 e. The number of nitrogens with one attached hydrogen (secondary N) is 2. The molecule has 1 aromatic rings. The lowest BCUT2D eigenvalue weighted by Crippen LogP contribution is -2.32. The van der Waals surface area contributed by atoms with E-state index in [0.717, 1.165) is 25.1 Å². The van der Waals surface area contributed by atoms with Crippen molar-refractivity contribution >= 4 is 0 Å². The minimum Gasteiger partial charge on any atom is -0.312 e. The van der Waals surface area contributed by atoms with Gasteiger partial charge >= 0.3 is 0 Å². The standard InChI is InChI=1S/C14H20F2N2/c1-14(2)8-11(9-18-14)17-6-5-10-3-4-12(15)13(16)7-10/h3-4,7,11,17-18H,5-6,8-9H2,1-2H3. The Balaban J connectivity index is 1.77. The van der Waals surface area contributed by atoms with Gasteiger partial charge in [0.1, 0.15) is 0 Å². The first-order valence-electron chi connectivity index (χ1n) is 6.39. The zero-order chi connectivity index (χ0) is 13.2. The van der Waals surface area contributed by atoms with Crippen molar-refractivity contribution in [3.63, 3.8) is 0 Å². The number of rotatable bonds is 4. The van der Waals surface area contributed by atoms with Gasteiger partial charge in [-0.2, -0.15) is 0 Å². The van der Waals surface area contributed by atoms with E-state index < -0.39 is 11.6 Å². The van der Waals surface area contributed by atoms with Gasteiger partial charge in [0.2, 0.25) is 0 Å². The highest BCUT2D eigenvalue weighted by Gasteiger charge is 2.29. The molecule has 1 heterocycles. The minimum absolute atomic E-state index is 0.194. The number of hydrogen-bond acceptors (Lipinski definition) is 2. The lowest BCUT2D eigenvalue weighted by molar-refractivity contribution is 0.443. The molecule has 0 bridgehead atoms. The van der Waals surface area contributed by atoms with E-state index in [1.807, 2.05) is 0 Å². The second kappa shape index (κ2) is 5.33. The summed E-state index contributed by atoms with van der Waals surface area (Å²) in [5.41, 5.74) is 1.02. The zero-order valence-electron chi connectivity index (χ0n) is 10.9. The maximum absolute atomic E-state index is 13.0. The van der Waals surface area contributed by atoms with Crippen molar-refractivity contribution in [3.05, 3.63) is 35.4 Å². The van der Waals surface area contributed by atoms with Gasteiger partial charge in [-0.05, 0) is 50.9 Å². The Morgan fingerprint density at radius 3 is 2.72 bits per heavy atom. The van der Waals surface area contributed by atoms with Crippen LogP contribution in [0.25, 0.3) is 0 Å². The van der Waals surface area contributed by atoms with E-state index in [9.17, 15) is 8.78 Å².